The van der Waals surface area contributed by atoms with E-state index in [4.69, 9.17) is 23.2 Å². The van der Waals surface area contributed by atoms with Crippen molar-refractivity contribution < 1.29 is 4.79 Å². The summed E-state index contributed by atoms with van der Waals surface area (Å²) in [5.74, 6) is 5.47. The fourth-order valence-corrected chi connectivity index (χ4v) is 1.07. The molecule has 13 heavy (non-hydrogen) atoms. The molecule has 0 saturated carbocycles. The molecular weight excluding hydrogens is 207 g/mol. The predicted octanol–water partition coefficient (Wildman–Crippen LogP) is 2.93. The van der Waals surface area contributed by atoms with E-state index in [0.29, 0.717) is 10.0 Å². The Balaban J connectivity index is 2.87. The lowest BCUT2D eigenvalue weighted by molar-refractivity contribution is -0.107. The number of rotatable bonds is 1. The third-order valence-corrected chi connectivity index (χ3v) is 2.08. The van der Waals surface area contributed by atoms with Crippen LogP contribution < -0.4 is 0 Å². The van der Waals surface area contributed by atoms with Crippen molar-refractivity contribution in [2.24, 2.45) is 0 Å². The van der Waals surface area contributed by atoms with Gasteiger partial charge in [0.1, 0.15) is 6.29 Å². The number of benzene rings is 1. The van der Waals surface area contributed by atoms with Gasteiger partial charge in [-0.1, -0.05) is 35.0 Å². The van der Waals surface area contributed by atoms with Crippen LogP contribution in [0.25, 0.3) is 0 Å². The molecule has 1 aromatic carbocycles. The van der Waals surface area contributed by atoms with E-state index in [1.807, 2.05) is 0 Å². The molecule has 0 atom stereocenters. The van der Waals surface area contributed by atoms with Crippen LogP contribution in [0, 0.1) is 11.8 Å². The van der Waals surface area contributed by atoms with Crippen LogP contribution in [0.4, 0.5) is 0 Å². The van der Waals surface area contributed by atoms with E-state index in [0.717, 1.165) is 11.8 Å². The lowest BCUT2D eigenvalue weighted by Gasteiger charge is -1.94. The summed E-state index contributed by atoms with van der Waals surface area (Å²) in [6.07, 6.45) is 0.991. The molecule has 0 amide bonds. The highest BCUT2D eigenvalue weighted by Crippen LogP contribution is 2.21. The maximum absolute atomic E-state index is 9.97. The fraction of sp³-hybridized carbons (Fsp3) is 0.100. The van der Waals surface area contributed by atoms with Gasteiger partial charge in [-0.15, -0.1) is 0 Å². The van der Waals surface area contributed by atoms with E-state index in [1.165, 1.54) is 0 Å². The van der Waals surface area contributed by atoms with Gasteiger partial charge in [-0.05, 0) is 18.2 Å². The van der Waals surface area contributed by atoms with Crippen molar-refractivity contribution in [1.82, 2.24) is 0 Å². The summed E-state index contributed by atoms with van der Waals surface area (Å²) in [6, 6.07) is 5.10. The topological polar surface area (TPSA) is 17.1 Å². The normalized spacial score (nSPS) is 8.77. The highest BCUT2D eigenvalue weighted by atomic mass is 35.5. The number of hydrogen-bond donors (Lipinski definition) is 0. The van der Waals surface area contributed by atoms with Gasteiger partial charge in [-0.2, -0.15) is 0 Å². The van der Waals surface area contributed by atoms with Gasteiger partial charge >= 0.3 is 0 Å². The highest BCUT2D eigenvalue weighted by molar-refractivity contribution is 6.42. The highest BCUT2D eigenvalue weighted by Gasteiger charge is 1.95. The lowest BCUT2D eigenvalue weighted by Crippen LogP contribution is -1.75. The maximum atomic E-state index is 9.97. The van der Waals surface area contributed by atoms with Crippen molar-refractivity contribution >= 4 is 29.5 Å². The number of carbonyl (C=O) groups excluding carboxylic acids is 1. The number of carbonyl (C=O) groups is 1. The Morgan fingerprint density at radius 1 is 1.31 bits per heavy atom. The first-order chi connectivity index (χ1) is 6.24. The van der Waals surface area contributed by atoms with Crippen molar-refractivity contribution in [3.63, 3.8) is 0 Å². The molecule has 0 aliphatic carbocycles. The Morgan fingerprint density at radius 3 is 2.69 bits per heavy atom. The Morgan fingerprint density at radius 2 is 2.08 bits per heavy atom. The van der Waals surface area contributed by atoms with Crippen LogP contribution in [-0.2, 0) is 4.79 Å². The molecule has 0 N–H and O–H groups in total. The predicted molar refractivity (Wildman–Crippen MR) is 54.0 cm³/mol. The smallest absolute Gasteiger partial charge is 0.131 e. The summed E-state index contributed by atoms with van der Waals surface area (Å²) in [5, 5.41) is 0.974. The standard InChI is InChI=1S/C10H6Cl2O/c11-9-5-4-8(7-10(9)12)3-1-2-6-13/h4-7H,2H2. The van der Waals surface area contributed by atoms with Crippen LogP contribution in [-0.4, -0.2) is 6.29 Å². The molecule has 1 nitrogen and oxygen atoms in total. The molecule has 3 heteroatoms. The summed E-state index contributed by atoms with van der Waals surface area (Å²) in [5.41, 5.74) is 0.760. The maximum Gasteiger partial charge on any atom is 0.131 e. The van der Waals surface area contributed by atoms with Crippen LogP contribution in [0.3, 0.4) is 0 Å². The Bertz CT molecular complexity index is 374. The number of hydrogen-bond acceptors (Lipinski definition) is 1. The first-order valence-electron chi connectivity index (χ1n) is 3.61. The summed E-state index contributed by atoms with van der Waals surface area (Å²) in [7, 11) is 0. The van der Waals surface area contributed by atoms with Gasteiger partial charge in [-0.3, -0.25) is 0 Å². The largest absolute Gasteiger partial charge is 0.302 e. The van der Waals surface area contributed by atoms with Crippen LogP contribution in [0.15, 0.2) is 18.2 Å². The van der Waals surface area contributed by atoms with Crippen molar-refractivity contribution in [2.45, 2.75) is 6.42 Å². The molecule has 0 heterocycles. The van der Waals surface area contributed by atoms with E-state index in [-0.39, 0.29) is 6.42 Å². The summed E-state index contributed by atoms with van der Waals surface area (Å²) >= 11 is 11.5. The van der Waals surface area contributed by atoms with Crippen LogP contribution >= 0.6 is 23.2 Å². The monoisotopic (exact) mass is 212 g/mol. The van der Waals surface area contributed by atoms with Gasteiger partial charge in [0.05, 0.1) is 16.5 Å². The van der Waals surface area contributed by atoms with Crippen molar-refractivity contribution in [3.8, 4) is 11.8 Å². The van der Waals surface area contributed by atoms with Gasteiger partial charge in [0.2, 0.25) is 0 Å². The SMILES string of the molecule is O=CCC#Cc1ccc(Cl)c(Cl)c1. The zero-order chi connectivity index (χ0) is 9.68. The van der Waals surface area contributed by atoms with Gasteiger partial charge in [0.15, 0.2) is 0 Å². The van der Waals surface area contributed by atoms with Gasteiger partial charge < -0.3 is 4.79 Å². The van der Waals surface area contributed by atoms with Crippen molar-refractivity contribution in [1.29, 1.82) is 0 Å². The molecule has 0 fully saturated rings. The van der Waals surface area contributed by atoms with Crippen LogP contribution in [0.1, 0.15) is 12.0 Å². The molecule has 66 valence electrons. The van der Waals surface area contributed by atoms with Gasteiger partial charge in [0.25, 0.3) is 0 Å². The Labute approximate surface area is 86.7 Å². The van der Waals surface area contributed by atoms with E-state index in [2.05, 4.69) is 11.8 Å². The number of halogens is 2. The number of aldehydes is 1. The van der Waals surface area contributed by atoms with Gasteiger partial charge in [-0.25, -0.2) is 0 Å². The van der Waals surface area contributed by atoms with Crippen molar-refractivity contribution in [2.75, 3.05) is 0 Å². The fourth-order valence-electron chi connectivity index (χ4n) is 0.769. The molecule has 1 rings (SSSR count). The molecule has 0 radical (unpaired) electrons. The van der Waals surface area contributed by atoms with Crippen LogP contribution in [0.2, 0.25) is 10.0 Å². The summed E-state index contributed by atoms with van der Waals surface area (Å²) < 4.78 is 0. The molecule has 0 bridgehead atoms. The summed E-state index contributed by atoms with van der Waals surface area (Å²) in [6.45, 7) is 0. The Kier molecular flexibility index (Phi) is 3.82. The van der Waals surface area contributed by atoms with Crippen LogP contribution in [0.5, 0.6) is 0 Å². The molecule has 0 saturated heterocycles. The third-order valence-electron chi connectivity index (χ3n) is 1.34. The molecule has 0 aliphatic heterocycles. The van der Waals surface area contributed by atoms with Crippen molar-refractivity contribution in [3.05, 3.63) is 33.8 Å². The minimum absolute atomic E-state index is 0.236. The van der Waals surface area contributed by atoms with E-state index >= 15 is 0 Å². The second-order valence-corrected chi connectivity index (χ2v) is 3.12. The molecule has 1 aromatic rings. The van der Waals surface area contributed by atoms with Gasteiger partial charge in [0, 0.05) is 5.56 Å². The second kappa shape index (κ2) is 4.91. The van der Waals surface area contributed by atoms with E-state index in [9.17, 15) is 4.79 Å². The molecule has 0 spiro atoms. The average molecular weight is 213 g/mol. The molecule has 0 aliphatic rings. The molecule has 0 unspecified atom stereocenters. The quantitative estimate of drug-likeness (QED) is 0.517. The zero-order valence-corrected chi connectivity index (χ0v) is 8.19. The summed E-state index contributed by atoms with van der Waals surface area (Å²) in [4.78, 5) is 9.97. The first kappa shape index (κ1) is 10.1. The lowest BCUT2D eigenvalue weighted by atomic mass is 10.2. The molecular formula is C10H6Cl2O. The van der Waals surface area contributed by atoms with E-state index < -0.39 is 0 Å². The molecule has 0 aromatic heterocycles. The second-order valence-electron chi connectivity index (χ2n) is 2.30. The minimum Gasteiger partial charge on any atom is -0.302 e. The third kappa shape index (κ3) is 3.10. The average Bonchev–Trinajstić information content (AvgIpc) is 2.12. The zero-order valence-electron chi connectivity index (χ0n) is 6.68. The Hall–Kier alpha value is -0.970. The van der Waals surface area contributed by atoms with E-state index in [1.54, 1.807) is 18.2 Å². The first-order valence-corrected chi connectivity index (χ1v) is 4.37. The minimum atomic E-state index is 0.236.